The molecule has 1 aromatic heterocycles. The van der Waals surface area contributed by atoms with Gasteiger partial charge in [-0.15, -0.1) is 0 Å². The number of nitrogens with one attached hydrogen (secondary N) is 1. The third-order valence-electron chi connectivity index (χ3n) is 4.27. The average molecular weight is 437 g/mol. The van der Waals surface area contributed by atoms with Gasteiger partial charge in [0.05, 0.1) is 18.1 Å². The molecular weight excluding hydrogens is 416 g/mol. The normalized spacial score (nSPS) is 16.7. The molecule has 0 radical (unpaired) electrons. The number of thioether (sulfide) groups is 1. The predicted octanol–water partition coefficient (Wildman–Crippen LogP) is 4.47. The summed E-state index contributed by atoms with van der Waals surface area (Å²) in [5.41, 5.74) is 0.772. The molecule has 1 aromatic carbocycles. The number of furan rings is 1. The van der Waals surface area contributed by atoms with Crippen molar-refractivity contribution in [1.29, 1.82) is 0 Å². The lowest BCUT2D eigenvalue weighted by Crippen LogP contribution is -2.30. The monoisotopic (exact) mass is 436 g/mol. The SMILES string of the molecule is O=C(CSCCC(=O)N1CCCC1c1ccco1)Nc1ccc(Br)cc1. The standard InChI is InChI=1S/C19H21BrN2O3S/c20-14-5-7-15(8-6-14)21-18(23)13-26-12-9-19(24)22-10-1-3-16(22)17-4-2-11-25-17/h2,4-8,11,16H,1,3,9-10,12-13H2,(H,21,23). The van der Waals surface area contributed by atoms with Crippen LogP contribution in [0.1, 0.15) is 31.1 Å². The number of amides is 2. The Morgan fingerprint density at radius 2 is 2.08 bits per heavy atom. The van der Waals surface area contributed by atoms with Crippen molar-refractivity contribution in [2.45, 2.75) is 25.3 Å². The molecule has 1 N–H and O–H groups in total. The molecule has 1 aliphatic heterocycles. The van der Waals surface area contributed by atoms with Crippen LogP contribution in [-0.2, 0) is 9.59 Å². The Morgan fingerprint density at radius 3 is 2.81 bits per heavy atom. The summed E-state index contributed by atoms with van der Waals surface area (Å²) in [7, 11) is 0. The first-order valence-corrected chi connectivity index (χ1v) is 10.5. The van der Waals surface area contributed by atoms with Crippen molar-refractivity contribution >= 4 is 45.2 Å². The number of carbonyl (C=O) groups excluding carboxylic acids is 2. The fourth-order valence-electron chi connectivity index (χ4n) is 3.04. The molecule has 1 unspecified atom stereocenters. The van der Waals surface area contributed by atoms with E-state index < -0.39 is 0 Å². The van der Waals surface area contributed by atoms with E-state index in [0.717, 1.165) is 35.3 Å². The van der Waals surface area contributed by atoms with Crippen LogP contribution in [-0.4, -0.2) is 34.8 Å². The smallest absolute Gasteiger partial charge is 0.234 e. The topological polar surface area (TPSA) is 62.6 Å². The van der Waals surface area contributed by atoms with Gasteiger partial charge in [-0.1, -0.05) is 15.9 Å². The maximum atomic E-state index is 12.5. The van der Waals surface area contributed by atoms with E-state index >= 15 is 0 Å². The van der Waals surface area contributed by atoms with Crippen LogP contribution in [0.4, 0.5) is 5.69 Å². The molecule has 7 heteroatoms. The lowest BCUT2D eigenvalue weighted by atomic mass is 10.1. The van der Waals surface area contributed by atoms with E-state index in [9.17, 15) is 9.59 Å². The third kappa shape index (κ3) is 5.14. The summed E-state index contributed by atoms with van der Waals surface area (Å²) in [6, 6.07) is 11.3. The van der Waals surface area contributed by atoms with Crippen LogP contribution in [0.3, 0.4) is 0 Å². The fraction of sp³-hybridized carbons (Fsp3) is 0.368. The first-order valence-electron chi connectivity index (χ1n) is 8.59. The van der Waals surface area contributed by atoms with Gasteiger partial charge in [0.2, 0.25) is 11.8 Å². The van der Waals surface area contributed by atoms with Gasteiger partial charge in [-0.05, 0) is 49.2 Å². The van der Waals surface area contributed by atoms with Gasteiger partial charge < -0.3 is 14.6 Å². The van der Waals surface area contributed by atoms with Crippen LogP contribution in [0, 0.1) is 0 Å². The van der Waals surface area contributed by atoms with E-state index in [1.165, 1.54) is 11.8 Å². The first-order chi connectivity index (χ1) is 12.6. The number of likely N-dealkylation sites (tertiary alicyclic amines) is 1. The summed E-state index contributed by atoms with van der Waals surface area (Å²) in [5, 5.41) is 2.85. The summed E-state index contributed by atoms with van der Waals surface area (Å²) in [6.45, 7) is 0.777. The first kappa shape index (κ1) is 19.0. The van der Waals surface area contributed by atoms with Gasteiger partial charge in [0.1, 0.15) is 5.76 Å². The Labute approximate surface area is 165 Å². The molecule has 3 rings (SSSR count). The van der Waals surface area contributed by atoms with Crippen molar-refractivity contribution in [3.63, 3.8) is 0 Å². The van der Waals surface area contributed by atoms with Gasteiger partial charge in [0.15, 0.2) is 0 Å². The Bertz CT molecular complexity index is 734. The Balaban J connectivity index is 1.38. The van der Waals surface area contributed by atoms with Crippen LogP contribution in [0.25, 0.3) is 0 Å². The Kier molecular flexibility index (Phi) is 6.80. The average Bonchev–Trinajstić information content (AvgIpc) is 3.31. The summed E-state index contributed by atoms with van der Waals surface area (Å²) >= 11 is 4.84. The molecule has 138 valence electrons. The highest BCUT2D eigenvalue weighted by Gasteiger charge is 2.31. The van der Waals surface area contributed by atoms with E-state index in [0.29, 0.717) is 17.9 Å². The molecule has 2 heterocycles. The maximum Gasteiger partial charge on any atom is 0.234 e. The number of hydrogen-bond acceptors (Lipinski definition) is 4. The number of hydrogen-bond donors (Lipinski definition) is 1. The van der Waals surface area contributed by atoms with Gasteiger partial charge in [-0.2, -0.15) is 11.8 Å². The Morgan fingerprint density at radius 1 is 1.27 bits per heavy atom. The minimum Gasteiger partial charge on any atom is -0.467 e. The molecule has 0 aliphatic carbocycles. The summed E-state index contributed by atoms with van der Waals surface area (Å²) in [4.78, 5) is 26.3. The molecule has 26 heavy (non-hydrogen) atoms. The highest BCUT2D eigenvalue weighted by molar-refractivity contribution is 9.10. The second-order valence-corrected chi connectivity index (χ2v) is 8.14. The minimum absolute atomic E-state index is 0.0561. The zero-order valence-corrected chi connectivity index (χ0v) is 16.7. The molecule has 1 atom stereocenters. The zero-order valence-electron chi connectivity index (χ0n) is 14.3. The second kappa shape index (κ2) is 9.28. The minimum atomic E-state index is -0.0561. The van der Waals surface area contributed by atoms with Crippen molar-refractivity contribution in [3.05, 3.63) is 52.9 Å². The second-order valence-electron chi connectivity index (χ2n) is 6.12. The van der Waals surface area contributed by atoms with Gasteiger partial charge in [-0.3, -0.25) is 9.59 Å². The van der Waals surface area contributed by atoms with E-state index in [4.69, 9.17) is 4.42 Å². The van der Waals surface area contributed by atoms with E-state index in [1.54, 1.807) is 6.26 Å². The lowest BCUT2D eigenvalue weighted by molar-refractivity contribution is -0.132. The van der Waals surface area contributed by atoms with Crippen LogP contribution >= 0.6 is 27.7 Å². The van der Waals surface area contributed by atoms with Crippen LogP contribution in [0.5, 0.6) is 0 Å². The van der Waals surface area contributed by atoms with Crippen molar-refractivity contribution < 1.29 is 14.0 Å². The number of rotatable bonds is 7. The Hall–Kier alpha value is -1.73. The third-order valence-corrected chi connectivity index (χ3v) is 5.75. The van der Waals surface area contributed by atoms with Gasteiger partial charge in [-0.25, -0.2) is 0 Å². The molecule has 5 nitrogen and oxygen atoms in total. The molecule has 1 saturated heterocycles. The maximum absolute atomic E-state index is 12.5. The molecule has 0 bridgehead atoms. The molecule has 2 amide bonds. The quantitative estimate of drug-likeness (QED) is 0.650. The van der Waals surface area contributed by atoms with Gasteiger partial charge in [0.25, 0.3) is 0 Å². The molecule has 0 spiro atoms. The highest BCUT2D eigenvalue weighted by atomic mass is 79.9. The zero-order chi connectivity index (χ0) is 18.4. The summed E-state index contributed by atoms with van der Waals surface area (Å²) in [5.74, 6) is 1.90. The number of benzene rings is 1. The summed E-state index contributed by atoms with van der Waals surface area (Å²) in [6.07, 6.45) is 4.03. The molecular formula is C19H21BrN2O3S. The van der Waals surface area contributed by atoms with Crippen molar-refractivity contribution in [2.24, 2.45) is 0 Å². The molecule has 1 fully saturated rings. The molecule has 1 aliphatic rings. The van der Waals surface area contributed by atoms with Crippen molar-refractivity contribution in [2.75, 3.05) is 23.4 Å². The number of anilines is 1. The largest absolute Gasteiger partial charge is 0.467 e. The van der Waals surface area contributed by atoms with Crippen LogP contribution < -0.4 is 5.32 Å². The van der Waals surface area contributed by atoms with Crippen molar-refractivity contribution in [1.82, 2.24) is 4.90 Å². The molecule has 0 saturated carbocycles. The van der Waals surface area contributed by atoms with Gasteiger partial charge >= 0.3 is 0 Å². The highest BCUT2D eigenvalue weighted by Crippen LogP contribution is 2.32. The van der Waals surface area contributed by atoms with Crippen LogP contribution in [0.2, 0.25) is 0 Å². The lowest BCUT2D eigenvalue weighted by Gasteiger charge is -2.23. The van der Waals surface area contributed by atoms with Gasteiger partial charge in [0, 0.05) is 28.9 Å². The van der Waals surface area contributed by atoms with E-state index in [2.05, 4.69) is 21.2 Å². The van der Waals surface area contributed by atoms with Crippen LogP contribution in [0.15, 0.2) is 51.6 Å². The van der Waals surface area contributed by atoms with Crippen molar-refractivity contribution in [3.8, 4) is 0 Å². The fourth-order valence-corrected chi connectivity index (χ4v) is 4.03. The van der Waals surface area contributed by atoms with E-state index in [-0.39, 0.29) is 17.9 Å². The predicted molar refractivity (Wildman–Crippen MR) is 107 cm³/mol. The molecule has 2 aromatic rings. The summed E-state index contributed by atoms with van der Waals surface area (Å²) < 4.78 is 6.43. The number of nitrogens with zero attached hydrogens (tertiary/aromatic N) is 1. The number of carbonyl (C=O) groups is 2. The number of halogens is 1. The van der Waals surface area contributed by atoms with E-state index in [1.807, 2.05) is 41.3 Å².